The zero-order chi connectivity index (χ0) is 17.3. The molecule has 0 aliphatic rings. The SMILES string of the molecule is COc1c(-c2cccc(F)c2)oc2ccc(NC(C)=O)cc2c1=O. The molecule has 0 bridgehead atoms. The number of ether oxygens (including phenoxy) is 1. The summed E-state index contributed by atoms with van der Waals surface area (Å²) in [6, 6.07) is 10.4. The monoisotopic (exact) mass is 327 g/mol. The first-order valence-electron chi connectivity index (χ1n) is 7.18. The predicted octanol–water partition coefficient (Wildman–Crippen LogP) is 3.57. The molecule has 0 saturated heterocycles. The number of carbonyl (C=O) groups excluding carboxylic acids is 1. The van der Waals surface area contributed by atoms with Crippen molar-refractivity contribution in [1.82, 2.24) is 0 Å². The number of rotatable bonds is 3. The number of fused-ring (bicyclic) bond motifs is 1. The number of hydrogen-bond donors (Lipinski definition) is 1. The van der Waals surface area contributed by atoms with E-state index in [0.29, 0.717) is 16.8 Å². The van der Waals surface area contributed by atoms with Crippen LogP contribution in [0.1, 0.15) is 6.92 Å². The fraction of sp³-hybridized carbons (Fsp3) is 0.111. The van der Waals surface area contributed by atoms with Gasteiger partial charge in [0.1, 0.15) is 11.4 Å². The lowest BCUT2D eigenvalue weighted by Gasteiger charge is -2.10. The third-order valence-electron chi connectivity index (χ3n) is 3.46. The average molecular weight is 327 g/mol. The quantitative estimate of drug-likeness (QED) is 0.798. The molecule has 0 aliphatic heterocycles. The highest BCUT2D eigenvalue weighted by atomic mass is 19.1. The molecule has 5 nitrogen and oxygen atoms in total. The van der Waals surface area contributed by atoms with Gasteiger partial charge in [0, 0.05) is 18.2 Å². The molecule has 1 heterocycles. The van der Waals surface area contributed by atoms with Gasteiger partial charge in [-0.3, -0.25) is 9.59 Å². The zero-order valence-corrected chi connectivity index (χ0v) is 13.1. The number of carbonyl (C=O) groups is 1. The average Bonchev–Trinajstić information content (AvgIpc) is 2.54. The molecule has 0 saturated carbocycles. The van der Waals surface area contributed by atoms with Crippen LogP contribution in [-0.4, -0.2) is 13.0 Å². The van der Waals surface area contributed by atoms with Gasteiger partial charge in [-0.1, -0.05) is 12.1 Å². The number of benzene rings is 2. The maximum absolute atomic E-state index is 13.5. The van der Waals surface area contributed by atoms with Crippen LogP contribution in [0.15, 0.2) is 51.7 Å². The summed E-state index contributed by atoms with van der Waals surface area (Å²) < 4.78 is 24.4. The van der Waals surface area contributed by atoms with E-state index in [1.807, 2.05) is 0 Å². The van der Waals surface area contributed by atoms with Gasteiger partial charge in [-0.2, -0.15) is 0 Å². The molecule has 0 unspecified atom stereocenters. The zero-order valence-electron chi connectivity index (χ0n) is 13.1. The van der Waals surface area contributed by atoms with E-state index in [2.05, 4.69) is 5.32 Å². The molecule has 122 valence electrons. The second kappa shape index (κ2) is 6.16. The van der Waals surface area contributed by atoms with Crippen molar-refractivity contribution in [2.45, 2.75) is 6.92 Å². The summed E-state index contributed by atoms with van der Waals surface area (Å²) >= 11 is 0. The van der Waals surface area contributed by atoms with Gasteiger partial charge in [-0.25, -0.2) is 4.39 Å². The summed E-state index contributed by atoms with van der Waals surface area (Å²) in [6.45, 7) is 1.38. The van der Waals surface area contributed by atoms with Gasteiger partial charge in [0.25, 0.3) is 0 Å². The molecule has 24 heavy (non-hydrogen) atoms. The van der Waals surface area contributed by atoms with E-state index in [1.165, 1.54) is 38.3 Å². The second-order valence-electron chi connectivity index (χ2n) is 5.20. The van der Waals surface area contributed by atoms with Gasteiger partial charge in [-0.05, 0) is 30.3 Å². The van der Waals surface area contributed by atoms with E-state index in [0.717, 1.165) is 0 Å². The van der Waals surface area contributed by atoms with Gasteiger partial charge >= 0.3 is 0 Å². The van der Waals surface area contributed by atoms with Gasteiger partial charge in [-0.15, -0.1) is 0 Å². The molecule has 1 N–H and O–H groups in total. The Balaban J connectivity index is 2.26. The van der Waals surface area contributed by atoms with Crippen LogP contribution in [0.2, 0.25) is 0 Å². The minimum atomic E-state index is -0.446. The van der Waals surface area contributed by atoms with Gasteiger partial charge in [0.15, 0.2) is 5.76 Å². The molecular formula is C18H14FNO4. The first-order chi connectivity index (χ1) is 11.5. The molecule has 6 heteroatoms. The van der Waals surface area contributed by atoms with Crippen molar-refractivity contribution < 1.29 is 18.3 Å². The predicted molar refractivity (Wildman–Crippen MR) is 88.7 cm³/mol. The summed E-state index contributed by atoms with van der Waals surface area (Å²) in [5.41, 5.74) is 0.791. The fourth-order valence-electron chi connectivity index (χ4n) is 2.46. The Hall–Kier alpha value is -3.15. The van der Waals surface area contributed by atoms with Crippen LogP contribution in [0.3, 0.4) is 0 Å². The van der Waals surface area contributed by atoms with Gasteiger partial charge in [0.05, 0.1) is 12.5 Å². The fourth-order valence-corrected chi connectivity index (χ4v) is 2.46. The molecule has 0 aliphatic carbocycles. The lowest BCUT2D eigenvalue weighted by Crippen LogP contribution is -2.09. The van der Waals surface area contributed by atoms with Crippen molar-refractivity contribution in [2.24, 2.45) is 0 Å². The van der Waals surface area contributed by atoms with E-state index in [1.54, 1.807) is 18.2 Å². The minimum Gasteiger partial charge on any atom is -0.490 e. The van der Waals surface area contributed by atoms with Crippen molar-refractivity contribution in [2.75, 3.05) is 12.4 Å². The molecule has 1 amide bonds. The number of halogens is 1. The van der Waals surface area contributed by atoms with E-state index in [9.17, 15) is 14.0 Å². The molecule has 3 rings (SSSR count). The molecule has 3 aromatic rings. The standard InChI is InChI=1S/C18H14FNO4/c1-10(21)20-13-6-7-15-14(9-13)16(22)18(23-2)17(24-15)11-4-3-5-12(19)8-11/h3-9H,1-2H3,(H,20,21). The Morgan fingerprint density at radius 1 is 1.21 bits per heavy atom. The van der Waals surface area contributed by atoms with Crippen molar-refractivity contribution in [3.05, 3.63) is 58.5 Å². The third kappa shape index (κ3) is 2.86. The van der Waals surface area contributed by atoms with Crippen LogP contribution in [0, 0.1) is 5.82 Å². The highest BCUT2D eigenvalue weighted by Gasteiger charge is 2.17. The van der Waals surface area contributed by atoms with Crippen molar-refractivity contribution in [3.63, 3.8) is 0 Å². The number of amides is 1. The van der Waals surface area contributed by atoms with E-state index < -0.39 is 11.2 Å². The van der Waals surface area contributed by atoms with Crippen molar-refractivity contribution >= 4 is 22.6 Å². The Labute approximate surface area is 136 Å². The second-order valence-corrected chi connectivity index (χ2v) is 5.20. The smallest absolute Gasteiger partial charge is 0.235 e. The van der Waals surface area contributed by atoms with Crippen LogP contribution in [-0.2, 0) is 4.79 Å². The summed E-state index contributed by atoms with van der Waals surface area (Å²) in [4.78, 5) is 23.8. The summed E-state index contributed by atoms with van der Waals surface area (Å²) in [7, 11) is 1.35. The van der Waals surface area contributed by atoms with Gasteiger partial charge < -0.3 is 14.5 Å². The van der Waals surface area contributed by atoms with Crippen LogP contribution < -0.4 is 15.5 Å². The molecule has 0 atom stereocenters. The van der Waals surface area contributed by atoms with Crippen molar-refractivity contribution in [3.8, 4) is 17.1 Å². The lowest BCUT2D eigenvalue weighted by molar-refractivity contribution is -0.114. The molecular weight excluding hydrogens is 313 g/mol. The first kappa shape index (κ1) is 15.7. The maximum atomic E-state index is 13.5. The normalized spacial score (nSPS) is 10.6. The number of anilines is 1. The summed E-state index contributed by atoms with van der Waals surface area (Å²) in [6.07, 6.45) is 0. The van der Waals surface area contributed by atoms with Crippen LogP contribution in [0.4, 0.5) is 10.1 Å². The highest BCUT2D eigenvalue weighted by molar-refractivity contribution is 5.92. The van der Waals surface area contributed by atoms with Crippen molar-refractivity contribution in [1.29, 1.82) is 0 Å². The summed E-state index contributed by atoms with van der Waals surface area (Å²) in [5.74, 6) is -0.560. The highest BCUT2D eigenvalue weighted by Crippen LogP contribution is 2.31. The Bertz CT molecular complexity index is 994. The summed E-state index contributed by atoms with van der Waals surface area (Å²) in [5, 5.41) is 2.87. The van der Waals surface area contributed by atoms with Crippen LogP contribution >= 0.6 is 0 Å². The number of methoxy groups -OCH3 is 1. The van der Waals surface area contributed by atoms with E-state index >= 15 is 0 Å². The Morgan fingerprint density at radius 2 is 2.00 bits per heavy atom. The Kier molecular flexibility index (Phi) is 4.04. The van der Waals surface area contributed by atoms with E-state index in [-0.39, 0.29) is 22.8 Å². The minimum absolute atomic E-state index is 0.0203. The number of hydrogen-bond acceptors (Lipinski definition) is 4. The topological polar surface area (TPSA) is 68.5 Å². The molecule has 0 radical (unpaired) electrons. The maximum Gasteiger partial charge on any atom is 0.235 e. The molecule has 0 spiro atoms. The lowest BCUT2D eigenvalue weighted by atomic mass is 10.1. The van der Waals surface area contributed by atoms with Crippen LogP contribution in [0.5, 0.6) is 5.75 Å². The largest absolute Gasteiger partial charge is 0.490 e. The molecule has 0 fully saturated rings. The first-order valence-corrected chi connectivity index (χ1v) is 7.18. The Morgan fingerprint density at radius 3 is 2.67 bits per heavy atom. The van der Waals surface area contributed by atoms with Crippen LogP contribution in [0.25, 0.3) is 22.3 Å². The molecule has 1 aromatic heterocycles. The van der Waals surface area contributed by atoms with E-state index in [4.69, 9.17) is 9.15 Å². The number of nitrogens with one attached hydrogen (secondary N) is 1. The molecule has 2 aromatic carbocycles. The van der Waals surface area contributed by atoms with Gasteiger partial charge in [0.2, 0.25) is 17.1 Å². The third-order valence-corrected chi connectivity index (χ3v) is 3.46.